The molecule has 0 radical (unpaired) electrons. The number of hydrogen-bond acceptors (Lipinski definition) is 3. The predicted octanol–water partition coefficient (Wildman–Crippen LogP) is 0.413. The maximum absolute atomic E-state index is 5.96. The number of piperidine rings is 1. The number of nitrogens with zero attached hydrogens (tertiary/aromatic N) is 2. The van der Waals surface area contributed by atoms with E-state index in [-0.39, 0.29) is 5.60 Å². The fourth-order valence-corrected chi connectivity index (χ4v) is 2.36. The first kappa shape index (κ1) is 9.44. The van der Waals surface area contributed by atoms with E-state index < -0.39 is 0 Å². The van der Waals surface area contributed by atoms with Crippen molar-refractivity contribution in [3.63, 3.8) is 0 Å². The van der Waals surface area contributed by atoms with Gasteiger partial charge in [0.05, 0.1) is 12.2 Å². The van der Waals surface area contributed by atoms with Gasteiger partial charge in [0, 0.05) is 26.2 Å². The fourth-order valence-electron chi connectivity index (χ4n) is 2.36. The Morgan fingerprint density at radius 1 is 1.00 bits per heavy atom. The average molecular weight is 184 g/mol. The minimum Gasteiger partial charge on any atom is -0.372 e. The molecule has 0 amide bonds. The van der Waals surface area contributed by atoms with Gasteiger partial charge in [-0.2, -0.15) is 0 Å². The smallest absolute Gasteiger partial charge is 0.0833 e. The van der Waals surface area contributed by atoms with Crippen LogP contribution in [0.3, 0.4) is 0 Å². The van der Waals surface area contributed by atoms with Gasteiger partial charge in [0.2, 0.25) is 0 Å². The van der Waals surface area contributed by atoms with Crippen LogP contribution in [0.2, 0.25) is 0 Å². The number of likely N-dealkylation sites (tertiary alicyclic amines) is 1. The summed E-state index contributed by atoms with van der Waals surface area (Å²) < 4.78 is 5.96. The van der Waals surface area contributed by atoms with E-state index in [1.165, 1.54) is 25.9 Å². The lowest BCUT2D eigenvalue weighted by Crippen LogP contribution is -2.55. The zero-order valence-electron chi connectivity index (χ0n) is 8.75. The molecule has 3 nitrogen and oxygen atoms in total. The number of ether oxygens (including phenoxy) is 1. The van der Waals surface area contributed by atoms with Crippen LogP contribution < -0.4 is 0 Å². The van der Waals surface area contributed by atoms with E-state index in [0.29, 0.717) is 0 Å². The van der Waals surface area contributed by atoms with Gasteiger partial charge >= 0.3 is 0 Å². The standard InChI is InChI=1S/C10H20N2O/c1-11-5-3-10(4-6-11)9-12(2)7-8-13-10/h3-9H2,1-2H3. The molecule has 13 heavy (non-hydrogen) atoms. The molecular formula is C10H20N2O. The third-order valence-corrected chi connectivity index (χ3v) is 3.34. The molecule has 2 saturated heterocycles. The van der Waals surface area contributed by atoms with E-state index in [9.17, 15) is 0 Å². The largest absolute Gasteiger partial charge is 0.372 e. The van der Waals surface area contributed by atoms with Crippen LogP contribution in [0.15, 0.2) is 0 Å². The van der Waals surface area contributed by atoms with Crippen LogP contribution in [0.25, 0.3) is 0 Å². The van der Waals surface area contributed by atoms with Crippen molar-refractivity contribution in [3.8, 4) is 0 Å². The average Bonchev–Trinajstić information content (AvgIpc) is 2.11. The summed E-state index contributed by atoms with van der Waals surface area (Å²) in [4.78, 5) is 4.79. The zero-order valence-corrected chi connectivity index (χ0v) is 8.75. The highest BCUT2D eigenvalue weighted by Crippen LogP contribution is 2.28. The Balaban J connectivity index is 1.95. The first-order valence-corrected chi connectivity index (χ1v) is 5.21. The molecule has 0 aromatic rings. The number of hydrogen-bond donors (Lipinski definition) is 0. The second kappa shape index (κ2) is 3.56. The van der Waals surface area contributed by atoms with Crippen LogP contribution in [0.4, 0.5) is 0 Å². The molecule has 0 aliphatic carbocycles. The summed E-state index contributed by atoms with van der Waals surface area (Å²) in [7, 11) is 4.39. The molecule has 2 heterocycles. The molecule has 2 rings (SSSR count). The number of morpholine rings is 1. The molecule has 0 N–H and O–H groups in total. The van der Waals surface area contributed by atoms with Gasteiger partial charge in [0.1, 0.15) is 0 Å². The predicted molar refractivity (Wildman–Crippen MR) is 52.9 cm³/mol. The van der Waals surface area contributed by atoms with Crippen molar-refractivity contribution in [1.82, 2.24) is 9.80 Å². The quantitative estimate of drug-likeness (QED) is 0.542. The van der Waals surface area contributed by atoms with E-state index >= 15 is 0 Å². The Hall–Kier alpha value is -0.120. The molecule has 1 spiro atoms. The SMILES string of the molecule is CN1CCC2(CC1)CN(C)CCO2. The van der Waals surface area contributed by atoms with E-state index in [0.717, 1.165) is 19.7 Å². The highest BCUT2D eigenvalue weighted by atomic mass is 16.5. The van der Waals surface area contributed by atoms with Gasteiger partial charge < -0.3 is 14.5 Å². The Morgan fingerprint density at radius 3 is 2.31 bits per heavy atom. The van der Waals surface area contributed by atoms with Crippen LogP contribution in [-0.4, -0.2) is 62.3 Å². The molecule has 0 atom stereocenters. The Bertz CT molecular complexity index is 176. The van der Waals surface area contributed by atoms with Crippen molar-refractivity contribution in [1.29, 1.82) is 0 Å². The summed E-state index contributed by atoms with van der Waals surface area (Å²) in [6.45, 7) is 5.51. The summed E-state index contributed by atoms with van der Waals surface area (Å²) in [5, 5.41) is 0. The maximum atomic E-state index is 5.96. The van der Waals surface area contributed by atoms with Crippen molar-refractivity contribution in [2.75, 3.05) is 46.9 Å². The third kappa shape index (κ3) is 2.03. The lowest BCUT2D eigenvalue weighted by atomic mass is 9.90. The van der Waals surface area contributed by atoms with Gasteiger partial charge in [-0.05, 0) is 26.9 Å². The maximum Gasteiger partial charge on any atom is 0.0833 e. The van der Waals surface area contributed by atoms with Crippen LogP contribution in [0.1, 0.15) is 12.8 Å². The van der Waals surface area contributed by atoms with Crippen LogP contribution in [-0.2, 0) is 4.74 Å². The van der Waals surface area contributed by atoms with Crippen molar-refractivity contribution in [2.24, 2.45) is 0 Å². The Morgan fingerprint density at radius 2 is 1.69 bits per heavy atom. The molecule has 2 aliphatic heterocycles. The highest BCUT2D eigenvalue weighted by Gasteiger charge is 2.37. The Labute approximate surface area is 80.6 Å². The second-order valence-corrected chi connectivity index (χ2v) is 4.57. The van der Waals surface area contributed by atoms with Gasteiger partial charge in [-0.25, -0.2) is 0 Å². The van der Waals surface area contributed by atoms with Crippen LogP contribution in [0, 0.1) is 0 Å². The van der Waals surface area contributed by atoms with Crippen molar-refractivity contribution >= 4 is 0 Å². The van der Waals surface area contributed by atoms with Gasteiger partial charge in [0.25, 0.3) is 0 Å². The highest BCUT2D eigenvalue weighted by molar-refractivity contribution is 4.91. The van der Waals surface area contributed by atoms with Crippen molar-refractivity contribution in [3.05, 3.63) is 0 Å². The molecule has 2 fully saturated rings. The molecule has 0 aromatic heterocycles. The minimum atomic E-state index is 0.194. The van der Waals surface area contributed by atoms with Crippen LogP contribution >= 0.6 is 0 Å². The summed E-state index contributed by atoms with van der Waals surface area (Å²) in [6.07, 6.45) is 2.40. The summed E-state index contributed by atoms with van der Waals surface area (Å²) in [5.74, 6) is 0. The minimum absolute atomic E-state index is 0.194. The lowest BCUT2D eigenvalue weighted by molar-refractivity contribution is -0.128. The molecule has 0 aromatic carbocycles. The van der Waals surface area contributed by atoms with Crippen molar-refractivity contribution < 1.29 is 4.74 Å². The van der Waals surface area contributed by atoms with Crippen LogP contribution in [0.5, 0.6) is 0 Å². The van der Waals surface area contributed by atoms with Gasteiger partial charge in [-0.1, -0.05) is 0 Å². The van der Waals surface area contributed by atoms with Gasteiger partial charge in [0.15, 0.2) is 0 Å². The van der Waals surface area contributed by atoms with Gasteiger partial charge in [-0.15, -0.1) is 0 Å². The van der Waals surface area contributed by atoms with Crippen molar-refractivity contribution in [2.45, 2.75) is 18.4 Å². The molecule has 0 bridgehead atoms. The monoisotopic (exact) mass is 184 g/mol. The third-order valence-electron chi connectivity index (χ3n) is 3.34. The lowest BCUT2D eigenvalue weighted by Gasteiger charge is -2.45. The molecule has 0 unspecified atom stereocenters. The summed E-state index contributed by atoms with van der Waals surface area (Å²) in [6, 6.07) is 0. The summed E-state index contributed by atoms with van der Waals surface area (Å²) >= 11 is 0. The molecule has 2 aliphatic rings. The number of rotatable bonds is 0. The second-order valence-electron chi connectivity index (χ2n) is 4.57. The van der Waals surface area contributed by atoms with Gasteiger partial charge in [-0.3, -0.25) is 0 Å². The van der Waals surface area contributed by atoms with E-state index in [2.05, 4.69) is 23.9 Å². The fraction of sp³-hybridized carbons (Fsp3) is 1.00. The first-order chi connectivity index (χ1) is 6.20. The molecule has 3 heteroatoms. The Kier molecular flexibility index (Phi) is 2.58. The molecule has 76 valence electrons. The summed E-state index contributed by atoms with van der Waals surface area (Å²) in [5.41, 5.74) is 0.194. The van der Waals surface area contributed by atoms with E-state index in [1.54, 1.807) is 0 Å². The normalized spacial score (nSPS) is 30.9. The molecular weight excluding hydrogens is 164 g/mol. The van der Waals surface area contributed by atoms with E-state index in [1.807, 2.05) is 0 Å². The topological polar surface area (TPSA) is 15.7 Å². The zero-order chi connectivity index (χ0) is 9.31. The van der Waals surface area contributed by atoms with E-state index in [4.69, 9.17) is 4.74 Å². The first-order valence-electron chi connectivity index (χ1n) is 5.21. The molecule has 0 saturated carbocycles. The number of likely N-dealkylation sites (N-methyl/N-ethyl adjacent to an activating group) is 1.